The van der Waals surface area contributed by atoms with Crippen LogP contribution in [0.5, 0.6) is 0 Å². The largest absolute Gasteiger partial charge is 0.355 e. The summed E-state index contributed by atoms with van der Waals surface area (Å²) >= 11 is 0. The van der Waals surface area contributed by atoms with Gasteiger partial charge in [0.15, 0.2) is 0 Å². The van der Waals surface area contributed by atoms with E-state index in [1.165, 1.54) is 0 Å². The highest BCUT2D eigenvalue weighted by molar-refractivity contribution is 5.88. The maximum atomic E-state index is 13.0. The van der Waals surface area contributed by atoms with Gasteiger partial charge in [0.05, 0.1) is 12.5 Å². The Kier molecular flexibility index (Phi) is 7.64. The molecule has 1 aromatic rings. The van der Waals surface area contributed by atoms with Gasteiger partial charge in [-0.3, -0.25) is 9.59 Å². The van der Waals surface area contributed by atoms with Crippen molar-refractivity contribution in [1.29, 1.82) is 0 Å². The Bertz CT molecular complexity index is 473. The molecular formula is C18H28N2O2. The van der Waals surface area contributed by atoms with Gasteiger partial charge in [0.1, 0.15) is 0 Å². The molecule has 0 aliphatic carbocycles. The van der Waals surface area contributed by atoms with Crippen molar-refractivity contribution >= 4 is 11.8 Å². The first-order valence-electron chi connectivity index (χ1n) is 8.15. The van der Waals surface area contributed by atoms with Crippen LogP contribution in [0.3, 0.4) is 0 Å². The maximum Gasteiger partial charge on any atom is 0.239 e. The molecule has 0 fully saturated rings. The lowest BCUT2D eigenvalue weighted by Crippen LogP contribution is -2.43. The number of benzene rings is 1. The average Bonchev–Trinajstić information content (AvgIpc) is 2.53. The van der Waals surface area contributed by atoms with E-state index >= 15 is 0 Å². The molecule has 2 atom stereocenters. The van der Waals surface area contributed by atoms with Crippen molar-refractivity contribution in [3.05, 3.63) is 35.9 Å². The normalized spacial score (nSPS) is 13.3. The van der Waals surface area contributed by atoms with E-state index in [0.717, 1.165) is 12.0 Å². The van der Waals surface area contributed by atoms with E-state index in [4.69, 9.17) is 0 Å². The highest BCUT2D eigenvalue weighted by Crippen LogP contribution is 2.29. The molecule has 22 heavy (non-hydrogen) atoms. The molecule has 0 spiro atoms. The second-order valence-corrected chi connectivity index (χ2v) is 5.58. The minimum Gasteiger partial charge on any atom is -0.355 e. The van der Waals surface area contributed by atoms with Gasteiger partial charge >= 0.3 is 0 Å². The van der Waals surface area contributed by atoms with Crippen molar-refractivity contribution in [3.63, 3.8) is 0 Å². The van der Waals surface area contributed by atoms with Crippen LogP contribution in [0.15, 0.2) is 30.3 Å². The second-order valence-electron chi connectivity index (χ2n) is 5.58. The van der Waals surface area contributed by atoms with Gasteiger partial charge in [0, 0.05) is 13.1 Å². The zero-order valence-electron chi connectivity index (χ0n) is 14.1. The number of carbonyl (C=O) groups is 2. The van der Waals surface area contributed by atoms with E-state index in [-0.39, 0.29) is 30.2 Å². The SMILES string of the molecule is CCNC(=O)CN(CC)C(=O)C(c1ccccc1)C(C)CC. The molecule has 1 N–H and O–H groups in total. The predicted molar refractivity (Wildman–Crippen MR) is 89.6 cm³/mol. The summed E-state index contributed by atoms with van der Waals surface area (Å²) in [5.74, 6) is -0.0262. The quantitative estimate of drug-likeness (QED) is 0.803. The summed E-state index contributed by atoms with van der Waals surface area (Å²) in [6.45, 7) is 9.22. The number of rotatable bonds is 8. The maximum absolute atomic E-state index is 13.0. The van der Waals surface area contributed by atoms with Gasteiger partial charge < -0.3 is 10.2 Å². The summed E-state index contributed by atoms with van der Waals surface area (Å²) in [7, 11) is 0. The zero-order valence-corrected chi connectivity index (χ0v) is 14.1. The lowest BCUT2D eigenvalue weighted by Gasteiger charge is -2.29. The van der Waals surface area contributed by atoms with Gasteiger partial charge in [-0.05, 0) is 25.3 Å². The highest BCUT2D eigenvalue weighted by atomic mass is 16.2. The molecule has 0 heterocycles. The number of carbonyl (C=O) groups excluding carboxylic acids is 2. The molecule has 0 radical (unpaired) electrons. The number of likely N-dealkylation sites (N-methyl/N-ethyl adjacent to an activating group) is 2. The van der Waals surface area contributed by atoms with Crippen LogP contribution in [0, 0.1) is 5.92 Å². The molecule has 0 aromatic heterocycles. The van der Waals surface area contributed by atoms with E-state index in [1.54, 1.807) is 4.90 Å². The highest BCUT2D eigenvalue weighted by Gasteiger charge is 2.30. The number of nitrogens with one attached hydrogen (secondary N) is 1. The van der Waals surface area contributed by atoms with Gasteiger partial charge in [-0.2, -0.15) is 0 Å². The molecule has 1 rings (SSSR count). The molecule has 4 heteroatoms. The Morgan fingerprint density at radius 3 is 2.27 bits per heavy atom. The van der Waals surface area contributed by atoms with E-state index in [9.17, 15) is 9.59 Å². The Morgan fingerprint density at radius 2 is 1.77 bits per heavy atom. The fourth-order valence-corrected chi connectivity index (χ4v) is 2.58. The lowest BCUT2D eigenvalue weighted by molar-refractivity contribution is -0.138. The summed E-state index contributed by atoms with van der Waals surface area (Å²) in [6.07, 6.45) is 0.921. The van der Waals surface area contributed by atoms with Crippen LogP contribution in [0.2, 0.25) is 0 Å². The van der Waals surface area contributed by atoms with Crippen LogP contribution < -0.4 is 5.32 Å². The average molecular weight is 304 g/mol. The van der Waals surface area contributed by atoms with E-state index in [0.29, 0.717) is 13.1 Å². The summed E-state index contributed by atoms with van der Waals surface area (Å²) in [6, 6.07) is 9.85. The van der Waals surface area contributed by atoms with Crippen molar-refractivity contribution < 1.29 is 9.59 Å². The molecule has 2 amide bonds. The monoisotopic (exact) mass is 304 g/mol. The Labute approximate surface area is 133 Å². The fourth-order valence-electron chi connectivity index (χ4n) is 2.58. The van der Waals surface area contributed by atoms with Crippen LogP contribution in [0.25, 0.3) is 0 Å². The Balaban J connectivity index is 2.97. The standard InChI is InChI=1S/C18H28N2O2/c1-5-14(4)17(15-11-9-8-10-12-15)18(22)20(7-3)13-16(21)19-6-2/h8-12,14,17H,5-7,13H2,1-4H3,(H,19,21). The van der Waals surface area contributed by atoms with Gasteiger partial charge in [-0.15, -0.1) is 0 Å². The number of hydrogen-bond donors (Lipinski definition) is 1. The van der Waals surface area contributed by atoms with E-state index < -0.39 is 0 Å². The third kappa shape index (κ3) is 4.86. The molecule has 1 aromatic carbocycles. The Morgan fingerprint density at radius 1 is 1.14 bits per heavy atom. The van der Waals surface area contributed by atoms with Crippen LogP contribution in [0.1, 0.15) is 45.6 Å². The lowest BCUT2D eigenvalue weighted by atomic mass is 9.84. The van der Waals surface area contributed by atoms with E-state index in [1.807, 2.05) is 44.2 Å². The van der Waals surface area contributed by atoms with Gasteiger partial charge in [-0.1, -0.05) is 50.6 Å². The molecule has 0 saturated carbocycles. The number of nitrogens with zero attached hydrogens (tertiary/aromatic N) is 1. The predicted octanol–water partition coefficient (Wildman–Crippen LogP) is 2.80. The zero-order chi connectivity index (χ0) is 16.5. The van der Waals surface area contributed by atoms with Crippen molar-refractivity contribution in [2.75, 3.05) is 19.6 Å². The fraction of sp³-hybridized carbons (Fsp3) is 0.556. The first-order chi connectivity index (χ1) is 10.5. The minimum atomic E-state index is -0.194. The third-order valence-electron chi connectivity index (χ3n) is 4.04. The first kappa shape index (κ1) is 18.2. The van der Waals surface area contributed by atoms with Gasteiger partial charge in [0.2, 0.25) is 11.8 Å². The number of hydrogen-bond acceptors (Lipinski definition) is 2. The van der Waals surface area contributed by atoms with Crippen molar-refractivity contribution in [2.45, 2.75) is 40.0 Å². The van der Waals surface area contributed by atoms with Gasteiger partial charge in [-0.25, -0.2) is 0 Å². The molecule has 2 unspecified atom stereocenters. The van der Waals surface area contributed by atoms with Crippen LogP contribution >= 0.6 is 0 Å². The summed E-state index contributed by atoms with van der Waals surface area (Å²) in [5.41, 5.74) is 1.02. The third-order valence-corrected chi connectivity index (χ3v) is 4.04. The molecule has 122 valence electrons. The summed E-state index contributed by atoms with van der Waals surface area (Å²) in [4.78, 5) is 26.4. The molecule has 0 bridgehead atoms. The number of amides is 2. The van der Waals surface area contributed by atoms with Crippen molar-refractivity contribution in [3.8, 4) is 0 Å². The van der Waals surface area contributed by atoms with Crippen LogP contribution in [0.4, 0.5) is 0 Å². The molecular weight excluding hydrogens is 276 g/mol. The minimum absolute atomic E-state index is 0.0364. The van der Waals surface area contributed by atoms with Crippen LogP contribution in [-0.4, -0.2) is 36.3 Å². The Hall–Kier alpha value is -1.84. The smallest absolute Gasteiger partial charge is 0.239 e. The first-order valence-corrected chi connectivity index (χ1v) is 8.15. The molecule has 0 saturated heterocycles. The van der Waals surface area contributed by atoms with Crippen molar-refractivity contribution in [2.24, 2.45) is 5.92 Å². The molecule has 0 aliphatic rings. The van der Waals surface area contributed by atoms with Crippen LogP contribution in [-0.2, 0) is 9.59 Å². The topological polar surface area (TPSA) is 49.4 Å². The summed E-state index contributed by atoms with van der Waals surface area (Å²) < 4.78 is 0. The molecule has 4 nitrogen and oxygen atoms in total. The van der Waals surface area contributed by atoms with Crippen molar-refractivity contribution in [1.82, 2.24) is 10.2 Å². The van der Waals surface area contributed by atoms with Gasteiger partial charge in [0.25, 0.3) is 0 Å². The molecule has 0 aliphatic heterocycles. The van der Waals surface area contributed by atoms with E-state index in [2.05, 4.69) is 19.2 Å². The summed E-state index contributed by atoms with van der Waals surface area (Å²) in [5, 5.41) is 2.75. The second kappa shape index (κ2) is 9.23.